The molecule has 2 atom stereocenters. The minimum Gasteiger partial charge on any atom is -0.337 e. The lowest BCUT2D eigenvalue weighted by Gasteiger charge is -2.40. The second-order valence-corrected chi connectivity index (χ2v) is 18.4. The number of hydrogen-bond acceptors (Lipinski definition) is 7. The molecule has 11 nitrogen and oxygen atoms in total. The Bertz CT molecular complexity index is 2280. The Kier molecular flexibility index (Phi) is 11.5. The number of rotatable bonds is 9. The minimum absolute atomic E-state index is 0.0520. The summed E-state index contributed by atoms with van der Waals surface area (Å²) in [4.78, 5) is 20.1. The lowest BCUT2D eigenvalue weighted by Crippen LogP contribution is -2.48. The van der Waals surface area contributed by atoms with Crippen LogP contribution in [0.1, 0.15) is 93.4 Å². The number of sulfonamides is 1. The van der Waals surface area contributed by atoms with Gasteiger partial charge >= 0.3 is 6.18 Å². The smallest absolute Gasteiger partial charge is 0.337 e. The molecule has 4 aliphatic heterocycles. The van der Waals surface area contributed by atoms with Crippen molar-refractivity contribution in [2.75, 3.05) is 51.6 Å². The highest BCUT2D eigenvalue weighted by molar-refractivity contribution is 7.89. The Morgan fingerprint density at radius 1 is 0.897 bits per heavy atom. The summed E-state index contributed by atoms with van der Waals surface area (Å²) >= 11 is 6.50. The molecule has 312 valence electrons. The van der Waals surface area contributed by atoms with Gasteiger partial charge in [-0.2, -0.15) is 27.7 Å². The van der Waals surface area contributed by atoms with Crippen molar-refractivity contribution in [3.05, 3.63) is 104 Å². The SMILES string of the molecule is CCN1CCc2[nH]nc(C(=O)N3CCC(c4cccc(F)c4Cl)C(CS(=O)(=O)N4CCc5[nH]nc(CN6CCC(c7ccc(F)cc7C(F)(F)F)CC6)c5C4)C3)c2C1. The average molecular weight is 849 g/mol. The molecule has 4 aliphatic rings. The van der Waals surface area contributed by atoms with Gasteiger partial charge in [-0.1, -0.05) is 36.7 Å². The highest BCUT2D eigenvalue weighted by Gasteiger charge is 2.41. The van der Waals surface area contributed by atoms with E-state index in [2.05, 4.69) is 37.1 Å². The first-order valence-corrected chi connectivity index (χ1v) is 21.8. The van der Waals surface area contributed by atoms with Crippen LogP contribution in [0.3, 0.4) is 0 Å². The summed E-state index contributed by atoms with van der Waals surface area (Å²) in [5.41, 5.74) is 4.10. The van der Waals surface area contributed by atoms with E-state index >= 15 is 0 Å². The van der Waals surface area contributed by atoms with E-state index in [1.807, 2.05) is 0 Å². The molecule has 2 saturated heterocycles. The molecule has 4 aromatic rings. The van der Waals surface area contributed by atoms with Crippen LogP contribution in [0.15, 0.2) is 36.4 Å². The van der Waals surface area contributed by atoms with E-state index in [0.29, 0.717) is 81.4 Å². The molecule has 1 amide bonds. The Morgan fingerprint density at radius 2 is 1.64 bits per heavy atom. The molecule has 0 radical (unpaired) electrons. The van der Waals surface area contributed by atoms with Gasteiger partial charge < -0.3 is 4.90 Å². The number of fused-ring (bicyclic) bond motifs is 2. The molecule has 6 heterocycles. The van der Waals surface area contributed by atoms with E-state index in [4.69, 9.17) is 11.6 Å². The lowest BCUT2D eigenvalue weighted by molar-refractivity contribution is -0.138. The summed E-state index contributed by atoms with van der Waals surface area (Å²) in [6.07, 6.45) is -2.23. The number of carbonyl (C=O) groups excluding carboxylic acids is 1. The molecule has 2 aromatic heterocycles. The van der Waals surface area contributed by atoms with E-state index in [1.54, 1.807) is 17.0 Å². The van der Waals surface area contributed by atoms with Crippen LogP contribution in [0, 0.1) is 17.6 Å². The Labute approximate surface area is 338 Å². The maximum absolute atomic E-state index is 14.8. The first kappa shape index (κ1) is 40.9. The number of alkyl halides is 3. The van der Waals surface area contributed by atoms with Crippen molar-refractivity contribution in [1.29, 1.82) is 0 Å². The fraction of sp³-hybridized carbons (Fsp3) is 0.525. The fourth-order valence-electron chi connectivity index (χ4n) is 9.37. The summed E-state index contributed by atoms with van der Waals surface area (Å²) in [5.74, 6) is -3.49. The Morgan fingerprint density at radius 3 is 2.40 bits per heavy atom. The number of nitrogens with zero attached hydrogens (tertiary/aromatic N) is 6. The number of amides is 1. The van der Waals surface area contributed by atoms with Crippen molar-refractivity contribution in [3.63, 3.8) is 0 Å². The molecule has 0 spiro atoms. The topological polar surface area (TPSA) is 122 Å². The van der Waals surface area contributed by atoms with Gasteiger partial charge in [0, 0.05) is 81.2 Å². The molecule has 2 N–H and O–H groups in total. The van der Waals surface area contributed by atoms with Gasteiger partial charge in [0.15, 0.2) is 5.69 Å². The van der Waals surface area contributed by atoms with Gasteiger partial charge in [0.25, 0.3) is 5.91 Å². The molecule has 0 saturated carbocycles. The number of halogens is 6. The van der Waals surface area contributed by atoms with Crippen LogP contribution in [0.5, 0.6) is 0 Å². The number of carbonyl (C=O) groups is 1. The molecule has 0 bridgehead atoms. The molecule has 2 unspecified atom stereocenters. The minimum atomic E-state index is -4.66. The summed E-state index contributed by atoms with van der Waals surface area (Å²) in [6.45, 7) is 6.46. The molecular formula is C40H46ClF5N8O3S. The maximum atomic E-state index is 14.8. The quantitative estimate of drug-likeness (QED) is 0.185. The van der Waals surface area contributed by atoms with Gasteiger partial charge in [0.2, 0.25) is 10.0 Å². The summed E-state index contributed by atoms with van der Waals surface area (Å²) in [7, 11) is -3.95. The zero-order valence-corrected chi connectivity index (χ0v) is 33.7. The number of nitrogens with one attached hydrogen (secondary N) is 2. The average Bonchev–Trinajstić information content (AvgIpc) is 3.82. The van der Waals surface area contributed by atoms with Gasteiger partial charge in [-0.05, 0) is 86.0 Å². The Hall–Kier alpha value is -3.90. The zero-order chi connectivity index (χ0) is 40.9. The van der Waals surface area contributed by atoms with Gasteiger partial charge in [-0.25, -0.2) is 17.2 Å². The third-order valence-electron chi connectivity index (χ3n) is 12.6. The van der Waals surface area contributed by atoms with E-state index in [-0.39, 0.29) is 47.8 Å². The lowest BCUT2D eigenvalue weighted by atomic mass is 9.81. The number of H-pyrrole nitrogens is 2. The van der Waals surface area contributed by atoms with Crippen LogP contribution in [-0.4, -0.2) is 105 Å². The van der Waals surface area contributed by atoms with Gasteiger partial charge in [0.1, 0.15) is 11.6 Å². The second kappa shape index (κ2) is 16.3. The number of piperidine rings is 2. The first-order valence-electron chi connectivity index (χ1n) is 19.8. The van der Waals surface area contributed by atoms with Crippen molar-refractivity contribution in [2.45, 2.75) is 76.7 Å². The summed E-state index contributed by atoms with van der Waals surface area (Å²) < 4.78 is 100. The van der Waals surface area contributed by atoms with Crippen LogP contribution in [0.4, 0.5) is 22.0 Å². The van der Waals surface area contributed by atoms with Crippen LogP contribution in [0.25, 0.3) is 0 Å². The predicted octanol–water partition coefficient (Wildman–Crippen LogP) is 6.47. The van der Waals surface area contributed by atoms with E-state index in [0.717, 1.165) is 48.1 Å². The second-order valence-electron chi connectivity index (χ2n) is 16.0. The van der Waals surface area contributed by atoms with Crippen LogP contribution >= 0.6 is 11.6 Å². The number of aromatic amines is 2. The van der Waals surface area contributed by atoms with E-state index < -0.39 is 45.2 Å². The van der Waals surface area contributed by atoms with Gasteiger partial charge in [-0.15, -0.1) is 0 Å². The van der Waals surface area contributed by atoms with Crippen molar-refractivity contribution < 1.29 is 35.2 Å². The third kappa shape index (κ3) is 8.16. The highest BCUT2D eigenvalue weighted by atomic mass is 35.5. The first-order chi connectivity index (χ1) is 27.7. The number of likely N-dealkylation sites (N-methyl/N-ethyl adjacent to an activating group) is 1. The normalized spacial score (nSPS) is 21.6. The molecule has 18 heteroatoms. The molecule has 2 aromatic carbocycles. The fourth-order valence-corrected chi connectivity index (χ4v) is 11.4. The van der Waals surface area contributed by atoms with Crippen LogP contribution in [0.2, 0.25) is 5.02 Å². The maximum Gasteiger partial charge on any atom is 0.416 e. The third-order valence-corrected chi connectivity index (χ3v) is 14.9. The standard InChI is InChI=1S/C40H46ClF5N8O3S/c1-2-51-15-11-35-31(20-51)38(50-48-35)39(55)53-16-10-27(29-4-3-5-33(43)37(29)41)25(19-53)23-58(56,57)54-17-12-34-30(21-54)36(49-47-34)22-52-13-8-24(9-14-52)28-7-6-26(42)18-32(28)40(44,45)46/h3-7,18,24-25,27H,2,8-17,19-23H2,1H3,(H,47,49)(H,48,50). The van der Waals surface area contributed by atoms with E-state index in [1.165, 1.54) is 16.4 Å². The number of benzene rings is 2. The summed E-state index contributed by atoms with van der Waals surface area (Å²) in [6, 6.07) is 7.42. The molecule has 0 aliphatic carbocycles. The zero-order valence-electron chi connectivity index (χ0n) is 32.1. The van der Waals surface area contributed by atoms with Crippen LogP contribution < -0.4 is 0 Å². The number of likely N-dealkylation sites (tertiary alicyclic amines) is 2. The number of hydrogen-bond donors (Lipinski definition) is 2. The number of aromatic nitrogens is 4. The summed E-state index contributed by atoms with van der Waals surface area (Å²) in [5, 5.41) is 15.0. The molecular weight excluding hydrogens is 803 g/mol. The molecule has 2 fully saturated rings. The van der Waals surface area contributed by atoms with Gasteiger partial charge in [-0.3, -0.25) is 24.8 Å². The van der Waals surface area contributed by atoms with Crippen molar-refractivity contribution in [1.82, 2.24) is 39.4 Å². The molecule has 8 rings (SSSR count). The van der Waals surface area contributed by atoms with E-state index in [9.17, 15) is 35.2 Å². The monoisotopic (exact) mass is 848 g/mol. The Balaban J connectivity index is 0.973. The highest BCUT2D eigenvalue weighted by Crippen LogP contribution is 2.41. The molecule has 58 heavy (non-hydrogen) atoms. The van der Waals surface area contributed by atoms with Crippen molar-refractivity contribution >= 4 is 27.5 Å². The van der Waals surface area contributed by atoms with Crippen molar-refractivity contribution in [2.24, 2.45) is 5.92 Å². The van der Waals surface area contributed by atoms with Crippen LogP contribution in [-0.2, 0) is 48.7 Å². The largest absolute Gasteiger partial charge is 0.416 e. The predicted molar refractivity (Wildman–Crippen MR) is 207 cm³/mol. The van der Waals surface area contributed by atoms with Crippen molar-refractivity contribution in [3.8, 4) is 0 Å². The van der Waals surface area contributed by atoms with Gasteiger partial charge in [0.05, 0.1) is 22.0 Å².